The number of nitrogens with one attached hydrogen (secondary N) is 2. The van der Waals surface area contributed by atoms with Crippen LogP contribution >= 0.6 is 0 Å². The van der Waals surface area contributed by atoms with Gasteiger partial charge in [0.2, 0.25) is 5.95 Å². The Morgan fingerprint density at radius 1 is 1.05 bits per heavy atom. The lowest BCUT2D eigenvalue weighted by molar-refractivity contribution is 0.102. The number of rotatable bonds is 3. The molecule has 0 aliphatic heterocycles. The molecule has 1 amide bonds. The molecule has 0 unspecified atom stereocenters. The lowest BCUT2D eigenvalue weighted by Gasteiger charge is -2.03. The fraction of sp³-hybridized carbons (Fsp3) is 0. The number of H-pyrrole nitrogens is 1. The van der Waals surface area contributed by atoms with Gasteiger partial charge in [-0.1, -0.05) is 18.2 Å². The van der Waals surface area contributed by atoms with E-state index in [2.05, 4.69) is 25.5 Å². The van der Waals surface area contributed by atoms with Gasteiger partial charge in [0.1, 0.15) is 6.33 Å². The number of hydrogen-bond donors (Lipinski definition) is 2. The van der Waals surface area contributed by atoms with Gasteiger partial charge in [-0.2, -0.15) is 10.1 Å². The summed E-state index contributed by atoms with van der Waals surface area (Å²) in [6, 6.07) is 12.9. The third kappa shape index (κ3) is 2.54. The normalized spacial score (nSPS) is 10.2. The maximum atomic E-state index is 11.9. The zero-order valence-corrected chi connectivity index (χ0v) is 10.4. The van der Waals surface area contributed by atoms with E-state index in [-0.39, 0.29) is 5.91 Å². The number of aromatic amines is 1. The molecule has 3 aromatic rings. The maximum absolute atomic E-state index is 11.9. The van der Waals surface area contributed by atoms with Crippen LogP contribution in [0.4, 0.5) is 5.95 Å². The molecule has 0 spiro atoms. The fourth-order valence-corrected chi connectivity index (χ4v) is 1.77. The molecule has 20 heavy (non-hydrogen) atoms. The van der Waals surface area contributed by atoms with Crippen molar-refractivity contribution in [1.82, 2.24) is 20.2 Å². The zero-order chi connectivity index (χ0) is 13.8. The topological polar surface area (TPSA) is 83.6 Å². The quantitative estimate of drug-likeness (QED) is 0.759. The minimum Gasteiger partial charge on any atom is -0.291 e. The lowest BCUT2D eigenvalue weighted by atomic mass is 10.1. The van der Waals surface area contributed by atoms with Gasteiger partial charge in [0.25, 0.3) is 5.91 Å². The van der Waals surface area contributed by atoms with Crippen LogP contribution in [0.15, 0.2) is 55.0 Å². The molecule has 6 nitrogen and oxygen atoms in total. The summed E-state index contributed by atoms with van der Waals surface area (Å²) >= 11 is 0. The average Bonchev–Trinajstić information content (AvgIpc) is 3.01. The number of benzene rings is 1. The van der Waals surface area contributed by atoms with Crippen LogP contribution in [-0.4, -0.2) is 26.1 Å². The van der Waals surface area contributed by atoms with Gasteiger partial charge in [0.05, 0.1) is 5.69 Å². The Morgan fingerprint density at radius 3 is 2.55 bits per heavy atom. The predicted octanol–water partition coefficient (Wildman–Crippen LogP) is 2.12. The Labute approximate surface area is 114 Å². The summed E-state index contributed by atoms with van der Waals surface area (Å²) in [5.41, 5.74) is 2.37. The van der Waals surface area contributed by atoms with Crippen LogP contribution in [0.3, 0.4) is 0 Å². The number of hydrogen-bond acceptors (Lipinski definition) is 4. The number of carbonyl (C=O) groups excluding carboxylic acids is 1. The molecule has 2 N–H and O–H groups in total. The van der Waals surface area contributed by atoms with E-state index < -0.39 is 0 Å². The highest BCUT2D eigenvalue weighted by molar-refractivity contribution is 6.03. The van der Waals surface area contributed by atoms with E-state index in [1.54, 1.807) is 18.3 Å². The molecule has 0 bridgehead atoms. The Bertz CT molecular complexity index is 692. The van der Waals surface area contributed by atoms with E-state index in [1.807, 2.05) is 30.3 Å². The number of anilines is 1. The van der Waals surface area contributed by atoms with Gasteiger partial charge < -0.3 is 0 Å². The van der Waals surface area contributed by atoms with Crippen molar-refractivity contribution in [2.24, 2.45) is 0 Å². The Hall–Kier alpha value is -3.02. The van der Waals surface area contributed by atoms with Crippen molar-refractivity contribution in [3.8, 4) is 11.3 Å². The van der Waals surface area contributed by atoms with Crippen molar-refractivity contribution in [3.63, 3.8) is 0 Å². The summed E-state index contributed by atoms with van der Waals surface area (Å²) in [6.07, 6.45) is 3.07. The van der Waals surface area contributed by atoms with Crippen LogP contribution in [0.2, 0.25) is 0 Å². The molecule has 0 fully saturated rings. The van der Waals surface area contributed by atoms with Crippen molar-refractivity contribution in [2.45, 2.75) is 0 Å². The highest BCUT2D eigenvalue weighted by Gasteiger charge is 2.08. The van der Waals surface area contributed by atoms with E-state index in [1.165, 1.54) is 6.33 Å². The third-order valence-electron chi connectivity index (χ3n) is 2.75. The SMILES string of the molecule is O=C(Nc1ncn[nH]1)c1ccc(-c2ccccn2)cc1. The van der Waals surface area contributed by atoms with Crippen LogP contribution in [0.5, 0.6) is 0 Å². The van der Waals surface area contributed by atoms with Crippen molar-refractivity contribution in [3.05, 3.63) is 60.6 Å². The second-order valence-corrected chi connectivity index (χ2v) is 4.08. The minimum absolute atomic E-state index is 0.241. The van der Waals surface area contributed by atoms with Gasteiger partial charge in [-0.25, -0.2) is 5.10 Å². The smallest absolute Gasteiger partial charge is 0.258 e. The van der Waals surface area contributed by atoms with E-state index in [0.29, 0.717) is 11.5 Å². The summed E-state index contributed by atoms with van der Waals surface area (Å²) < 4.78 is 0. The Balaban J connectivity index is 1.78. The molecule has 6 heteroatoms. The van der Waals surface area contributed by atoms with Crippen molar-refractivity contribution in [2.75, 3.05) is 5.32 Å². The van der Waals surface area contributed by atoms with Crippen molar-refractivity contribution < 1.29 is 4.79 Å². The van der Waals surface area contributed by atoms with Crippen molar-refractivity contribution >= 4 is 11.9 Å². The number of nitrogens with zero attached hydrogens (tertiary/aromatic N) is 3. The molecule has 2 heterocycles. The molecule has 0 saturated heterocycles. The number of aromatic nitrogens is 4. The van der Waals surface area contributed by atoms with Crippen LogP contribution in [0.25, 0.3) is 11.3 Å². The second-order valence-electron chi connectivity index (χ2n) is 4.08. The summed E-state index contributed by atoms with van der Waals surface area (Å²) in [5, 5.41) is 8.85. The van der Waals surface area contributed by atoms with E-state index in [0.717, 1.165) is 11.3 Å². The molecule has 3 rings (SSSR count). The van der Waals surface area contributed by atoms with Crippen LogP contribution < -0.4 is 5.32 Å². The maximum Gasteiger partial charge on any atom is 0.258 e. The van der Waals surface area contributed by atoms with Gasteiger partial charge in [0.15, 0.2) is 0 Å². The minimum atomic E-state index is -0.241. The molecule has 2 aromatic heterocycles. The molecule has 1 aromatic carbocycles. The molecule has 0 aliphatic carbocycles. The third-order valence-corrected chi connectivity index (χ3v) is 2.75. The molecule has 98 valence electrons. The first-order valence-electron chi connectivity index (χ1n) is 6.01. The molecular formula is C14H11N5O. The average molecular weight is 265 g/mol. The van der Waals surface area contributed by atoms with E-state index >= 15 is 0 Å². The first kappa shape index (κ1) is 12.0. The molecular weight excluding hydrogens is 254 g/mol. The first-order chi connectivity index (χ1) is 9.83. The summed E-state index contributed by atoms with van der Waals surface area (Å²) in [7, 11) is 0. The highest BCUT2D eigenvalue weighted by Crippen LogP contribution is 2.17. The molecule has 0 aliphatic rings. The lowest BCUT2D eigenvalue weighted by Crippen LogP contribution is -2.12. The summed E-state index contributed by atoms with van der Waals surface area (Å²) in [5.74, 6) is 0.0816. The van der Waals surface area contributed by atoms with Gasteiger partial charge in [-0.05, 0) is 24.3 Å². The zero-order valence-electron chi connectivity index (χ0n) is 10.4. The fourth-order valence-electron chi connectivity index (χ4n) is 1.77. The van der Waals surface area contributed by atoms with Gasteiger partial charge in [-0.15, -0.1) is 0 Å². The molecule has 0 radical (unpaired) electrons. The number of carbonyl (C=O) groups is 1. The van der Waals surface area contributed by atoms with Crippen LogP contribution in [0.1, 0.15) is 10.4 Å². The number of pyridine rings is 1. The Morgan fingerprint density at radius 2 is 1.90 bits per heavy atom. The monoisotopic (exact) mass is 265 g/mol. The van der Waals surface area contributed by atoms with Crippen LogP contribution in [0, 0.1) is 0 Å². The number of amides is 1. The van der Waals surface area contributed by atoms with Gasteiger partial charge in [0, 0.05) is 17.3 Å². The van der Waals surface area contributed by atoms with Crippen LogP contribution in [-0.2, 0) is 0 Å². The largest absolute Gasteiger partial charge is 0.291 e. The molecule has 0 saturated carbocycles. The van der Waals surface area contributed by atoms with Crippen molar-refractivity contribution in [1.29, 1.82) is 0 Å². The van der Waals surface area contributed by atoms with Gasteiger partial charge in [-0.3, -0.25) is 15.1 Å². The second kappa shape index (κ2) is 5.31. The highest BCUT2D eigenvalue weighted by atomic mass is 16.1. The molecule has 0 atom stereocenters. The predicted molar refractivity (Wildman–Crippen MR) is 74.0 cm³/mol. The summed E-state index contributed by atoms with van der Waals surface area (Å²) in [6.45, 7) is 0. The van der Waals surface area contributed by atoms with Gasteiger partial charge >= 0.3 is 0 Å². The summed E-state index contributed by atoms with van der Waals surface area (Å²) in [4.78, 5) is 20.0. The Kier molecular flexibility index (Phi) is 3.20. The standard InChI is InChI=1S/C14H11N5O/c20-13(18-14-16-9-17-19-14)11-6-4-10(5-7-11)12-3-1-2-8-15-12/h1-9H,(H2,16,17,18,19,20). The van der Waals surface area contributed by atoms with E-state index in [4.69, 9.17) is 0 Å². The van der Waals surface area contributed by atoms with E-state index in [9.17, 15) is 4.79 Å². The first-order valence-corrected chi connectivity index (χ1v) is 6.01.